The minimum atomic E-state index is 0.136. The summed E-state index contributed by atoms with van der Waals surface area (Å²) in [5, 5.41) is 2.12. The highest BCUT2D eigenvalue weighted by atomic mass is 32.1. The normalized spacial score (nSPS) is 20.8. The third-order valence-corrected chi connectivity index (χ3v) is 6.17. The lowest BCUT2D eigenvalue weighted by Gasteiger charge is -2.31. The molecule has 3 heteroatoms. The minimum absolute atomic E-state index is 0.136. The van der Waals surface area contributed by atoms with Crippen molar-refractivity contribution in [2.75, 3.05) is 13.1 Å². The van der Waals surface area contributed by atoms with Crippen LogP contribution in [-0.4, -0.2) is 23.9 Å². The van der Waals surface area contributed by atoms with Gasteiger partial charge < -0.3 is 4.90 Å². The number of allylic oxidation sites excluding steroid dienone is 2. The average molecular weight is 349 g/mol. The molecule has 0 radical (unpaired) electrons. The van der Waals surface area contributed by atoms with Gasteiger partial charge in [0.15, 0.2) is 0 Å². The maximum Gasteiger partial charge on any atom is 0.226 e. The van der Waals surface area contributed by atoms with E-state index in [0.29, 0.717) is 5.91 Å². The van der Waals surface area contributed by atoms with Crippen molar-refractivity contribution in [2.24, 2.45) is 5.92 Å². The predicted molar refractivity (Wildman–Crippen MR) is 105 cm³/mol. The fourth-order valence-electron chi connectivity index (χ4n) is 3.82. The second-order valence-corrected chi connectivity index (χ2v) is 7.76. The Hall–Kier alpha value is -2.13. The number of nitrogens with zero attached hydrogens (tertiary/aromatic N) is 1. The Labute approximate surface area is 153 Å². The zero-order chi connectivity index (χ0) is 17.1. The van der Waals surface area contributed by atoms with E-state index < -0.39 is 0 Å². The van der Waals surface area contributed by atoms with Gasteiger partial charge in [-0.1, -0.05) is 48.6 Å². The van der Waals surface area contributed by atoms with E-state index in [-0.39, 0.29) is 5.92 Å². The van der Waals surface area contributed by atoms with Crippen molar-refractivity contribution in [2.45, 2.75) is 25.7 Å². The van der Waals surface area contributed by atoms with Crippen molar-refractivity contribution in [1.29, 1.82) is 0 Å². The molecule has 0 saturated heterocycles. The zero-order valence-corrected chi connectivity index (χ0v) is 15.2. The standard InChI is InChI=1S/C22H23NOS/c24-22(23-13-11-18(12-14-23)21-10-5-15-25-21)20-9-4-8-19(16-20)17-6-2-1-3-7-17/h1-3,5-8,10-11,15,20H,4,9,12-14,16H2. The van der Waals surface area contributed by atoms with Gasteiger partial charge in [0.2, 0.25) is 5.91 Å². The van der Waals surface area contributed by atoms with E-state index in [1.165, 1.54) is 21.6 Å². The van der Waals surface area contributed by atoms with Crippen molar-refractivity contribution in [1.82, 2.24) is 4.90 Å². The van der Waals surface area contributed by atoms with E-state index in [2.05, 4.69) is 58.8 Å². The summed E-state index contributed by atoms with van der Waals surface area (Å²) in [6.45, 7) is 1.61. The Morgan fingerprint density at radius 3 is 2.64 bits per heavy atom. The average Bonchev–Trinajstić information content (AvgIpc) is 3.23. The van der Waals surface area contributed by atoms with Crippen LogP contribution in [0.2, 0.25) is 0 Å². The van der Waals surface area contributed by atoms with Crippen LogP contribution in [0.15, 0.2) is 60.0 Å². The fourth-order valence-corrected chi connectivity index (χ4v) is 4.62. The van der Waals surface area contributed by atoms with Gasteiger partial charge in [0.25, 0.3) is 0 Å². The van der Waals surface area contributed by atoms with Crippen LogP contribution in [0.1, 0.15) is 36.1 Å². The molecule has 1 amide bonds. The number of benzene rings is 1. The Balaban J connectivity index is 1.41. The van der Waals surface area contributed by atoms with Crippen LogP contribution in [0, 0.1) is 5.92 Å². The maximum absolute atomic E-state index is 13.0. The summed E-state index contributed by atoms with van der Waals surface area (Å²) >= 11 is 1.79. The topological polar surface area (TPSA) is 20.3 Å². The molecule has 1 aliphatic heterocycles. The highest BCUT2D eigenvalue weighted by molar-refractivity contribution is 7.11. The van der Waals surface area contributed by atoms with Gasteiger partial charge in [-0.15, -0.1) is 11.3 Å². The van der Waals surface area contributed by atoms with E-state index in [1.54, 1.807) is 11.3 Å². The van der Waals surface area contributed by atoms with Crippen LogP contribution in [0.25, 0.3) is 11.1 Å². The van der Waals surface area contributed by atoms with E-state index in [4.69, 9.17) is 0 Å². The van der Waals surface area contributed by atoms with Gasteiger partial charge in [-0.25, -0.2) is 0 Å². The van der Waals surface area contributed by atoms with E-state index >= 15 is 0 Å². The Morgan fingerprint density at radius 1 is 1.04 bits per heavy atom. The molecule has 2 aliphatic rings. The Bertz CT molecular complexity index is 789. The van der Waals surface area contributed by atoms with Crippen molar-refractivity contribution < 1.29 is 4.79 Å². The number of rotatable bonds is 3. The zero-order valence-electron chi connectivity index (χ0n) is 14.4. The van der Waals surface area contributed by atoms with Gasteiger partial charge in [0.1, 0.15) is 0 Å². The molecular formula is C22H23NOS. The van der Waals surface area contributed by atoms with Crippen LogP contribution < -0.4 is 0 Å². The largest absolute Gasteiger partial charge is 0.338 e. The molecular weight excluding hydrogens is 326 g/mol. The van der Waals surface area contributed by atoms with Gasteiger partial charge in [-0.3, -0.25) is 4.79 Å². The summed E-state index contributed by atoms with van der Waals surface area (Å²) in [7, 11) is 0. The van der Waals surface area contributed by atoms with E-state index in [1.807, 2.05) is 6.07 Å². The van der Waals surface area contributed by atoms with Crippen molar-refractivity contribution >= 4 is 28.4 Å². The second kappa shape index (κ2) is 7.40. The van der Waals surface area contributed by atoms with Gasteiger partial charge in [0.05, 0.1) is 0 Å². The molecule has 1 aromatic carbocycles. The molecule has 2 heterocycles. The Morgan fingerprint density at radius 2 is 1.92 bits per heavy atom. The quantitative estimate of drug-likeness (QED) is 0.741. The molecule has 0 spiro atoms. The van der Waals surface area contributed by atoms with E-state index in [9.17, 15) is 4.79 Å². The molecule has 0 N–H and O–H groups in total. The number of carbonyl (C=O) groups is 1. The van der Waals surface area contributed by atoms with Crippen LogP contribution >= 0.6 is 11.3 Å². The summed E-state index contributed by atoms with van der Waals surface area (Å²) in [4.78, 5) is 16.4. The lowest BCUT2D eigenvalue weighted by atomic mass is 9.84. The molecule has 1 unspecified atom stereocenters. The number of thiophene rings is 1. The minimum Gasteiger partial charge on any atom is -0.338 e. The van der Waals surface area contributed by atoms with Crippen LogP contribution in [0.3, 0.4) is 0 Å². The lowest BCUT2D eigenvalue weighted by Crippen LogP contribution is -2.39. The van der Waals surface area contributed by atoms with Crippen LogP contribution in [0.4, 0.5) is 0 Å². The predicted octanol–water partition coefficient (Wildman–Crippen LogP) is 5.25. The molecule has 0 fully saturated rings. The molecule has 1 aromatic heterocycles. The molecule has 1 atom stereocenters. The first-order valence-corrected chi connectivity index (χ1v) is 9.95. The second-order valence-electron chi connectivity index (χ2n) is 6.81. The third kappa shape index (κ3) is 3.62. The summed E-state index contributed by atoms with van der Waals surface area (Å²) in [6.07, 6.45) is 8.38. The number of hydrogen-bond donors (Lipinski definition) is 0. The molecule has 0 bridgehead atoms. The van der Waals surface area contributed by atoms with Gasteiger partial charge in [-0.2, -0.15) is 0 Å². The highest BCUT2D eigenvalue weighted by Crippen LogP contribution is 2.33. The first-order valence-electron chi connectivity index (χ1n) is 9.07. The molecule has 0 saturated carbocycles. The first-order chi connectivity index (χ1) is 12.3. The van der Waals surface area contributed by atoms with Crippen molar-refractivity contribution in [3.8, 4) is 0 Å². The Kier molecular flexibility index (Phi) is 4.84. The summed E-state index contributed by atoms with van der Waals surface area (Å²) in [5.41, 5.74) is 3.99. The summed E-state index contributed by atoms with van der Waals surface area (Å²) in [5.74, 6) is 0.472. The highest BCUT2D eigenvalue weighted by Gasteiger charge is 2.28. The number of carbonyl (C=O) groups excluding carboxylic acids is 1. The van der Waals surface area contributed by atoms with Gasteiger partial charge in [0, 0.05) is 23.9 Å². The first kappa shape index (κ1) is 16.3. The molecule has 2 aromatic rings. The number of amides is 1. The summed E-state index contributed by atoms with van der Waals surface area (Å²) < 4.78 is 0. The third-order valence-electron chi connectivity index (χ3n) is 5.22. The van der Waals surface area contributed by atoms with Crippen LogP contribution in [-0.2, 0) is 4.79 Å². The molecule has 2 nitrogen and oxygen atoms in total. The SMILES string of the molecule is O=C(C1CCC=C(c2ccccc2)C1)N1CC=C(c2cccs2)CC1. The monoisotopic (exact) mass is 349 g/mol. The lowest BCUT2D eigenvalue weighted by molar-refractivity contribution is -0.135. The van der Waals surface area contributed by atoms with E-state index in [0.717, 1.165) is 38.8 Å². The van der Waals surface area contributed by atoms with Gasteiger partial charge in [-0.05, 0) is 53.8 Å². The van der Waals surface area contributed by atoms with Crippen LogP contribution in [0.5, 0.6) is 0 Å². The summed E-state index contributed by atoms with van der Waals surface area (Å²) in [6, 6.07) is 14.8. The smallest absolute Gasteiger partial charge is 0.226 e. The maximum atomic E-state index is 13.0. The fraction of sp³-hybridized carbons (Fsp3) is 0.318. The molecule has 4 rings (SSSR count). The molecule has 1 aliphatic carbocycles. The van der Waals surface area contributed by atoms with Gasteiger partial charge >= 0.3 is 0 Å². The molecule has 128 valence electrons. The molecule has 25 heavy (non-hydrogen) atoms. The van der Waals surface area contributed by atoms with Crippen molar-refractivity contribution in [3.05, 3.63) is 70.4 Å². The number of hydrogen-bond acceptors (Lipinski definition) is 2. The van der Waals surface area contributed by atoms with Crippen molar-refractivity contribution in [3.63, 3.8) is 0 Å².